The molecule has 24 rings (SSSR count). The number of nitriles is 2. The zero-order chi connectivity index (χ0) is 92.2. The van der Waals surface area contributed by atoms with E-state index >= 15 is 0 Å². The molecule has 692 valence electrons. The van der Waals surface area contributed by atoms with Gasteiger partial charge >= 0.3 is 0 Å². The van der Waals surface area contributed by atoms with Crippen LogP contribution in [0.3, 0.4) is 0 Å². The van der Waals surface area contributed by atoms with Gasteiger partial charge in [0.05, 0.1) is 107 Å². The van der Waals surface area contributed by atoms with Crippen LogP contribution in [-0.4, -0.2) is 227 Å². The zero-order valence-electron chi connectivity index (χ0n) is 78.1. The maximum Gasteiger partial charge on any atom is 0.219 e. The van der Waals surface area contributed by atoms with Crippen LogP contribution >= 0.6 is 0 Å². The Morgan fingerprint density at radius 3 is 1.00 bits per heavy atom. The number of benzene rings is 4. The van der Waals surface area contributed by atoms with E-state index in [9.17, 15) is 29.7 Å². The third-order valence-corrected chi connectivity index (χ3v) is 29.6. The molecule has 4 fully saturated rings. The van der Waals surface area contributed by atoms with E-state index in [0.717, 1.165) is 223 Å². The molecule has 12 aromatic rings. The van der Waals surface area contributed by atoms with Gasteiger partial charge in [-0.15, -0.1) is 0 Å². The lowest BCUT2D eigenvalue weighted by molar-refractivity contribution is -0.130. The summed E-state index contributed by atoms with van der Waals surface area (Å²) in [6.45, 7) is 25.5. The predicted molar refractivity (Wildman–Crippen MR) is 502 cm³/mol. The van der Waals surface area contributed by atoms with Gasteiger partial charge in [0.1, 0.15) is 6.07 Å². The highest BCUT2D eigenvalue weighted by Gasteiger charge is 2.42. The first-order chi connectivity index (χ1) is 65.1. The van der Waals surface area contributed by atoms with Crippen molar-refractivity contribution in [1.82, 2.24) is 97.8 Å². The molecule has 8 aromatic heterocycles. The minimum Gasteiger partial charge on any atom is -0.379 e. The number of aryl methyl sites for hydroxylation is 4. The van der Waals surface area contributed by atoms with Crippen LogP contribution in [0.1, 0.15) is 167 Å². The number of carbonyl (C=O) groups is 4. The number of anilines is 8. The normalized spacial score (nSPS) is 19.5. The second kappa shape index (κ2) is 35.8. The van der Waals surface area contributed by atoms with Crippen LogP contribution < -0.4 is 19.6 Å². The van der Waals surface area contributed by atoms with Crippen molar-refractivity contribution in [3.05, 3.63) is 188 Å². The van der Waals surface area contributed by atoms with Gasteiger partial charge in [-0.1, -0.05) is 18.2 Å². The Labute approximate surface area is 778 Å². The fourth-order valence-corrected chi connectivity index (χ4v) is 22.0. The summed E-state index contributed by atoms with van der Waals surface area (Å²) < 4.78 is 38.7. The van der Waals surface area contributed by atoms with Gasteiger partial charge in [0.15, 0.2) is 29.0 Å². The SMILES string of the molecule is CC(=O)N1CCc2c(c(N3CCc4cc(-c5cn(C)nc5C#N)ccc43)nn2C2CCOC2)C1.CC(=O)N1CCc2c(c(N3CCc4cc(-c5cnn(C)c5C)ccc43)nn2[C@@H]2CCOC2)C1.CC(=O)N1CCc2c(c(N3CCc4cc(-c5cnn(C)c5C)ccc43)nn2[C@H]2CCOC2)C1.CC(=O)N1CCc2c(c(N3CCc4cc(C#N)c(-c5cnn(C)c5)cc43)nn2C2CCOC2)C1. The van der Waals surface area contributed by atoms with E-state index < -0.39 is 0 Å². The standard InChI is InChI=1S/2C25H27N7O2.2C25H30N6O2/c1-16(33)30-6-4-23-22(14-30)25(28-32(23)20-5-8-34-15-20)31-7-3-17-9-18(11-26)21(10-24(17)31)19-12-27-29(2)13-19;1-16(33)30-8-6-24-21(14-30)25(28-32(24)19-7-10-34-15-19)31-9-5-18-11-17(3-4-23(18)31)20-13-29(2)27-22(20)12-26;2*1-16-21(13-26-28(16)3)18-4-5-23-19(12-18)6-10-30(23)25-22-14-29(17(2)32)9-7-24(22)31(27-25)20-8-11-33-15-20/h9-10,12-13,20H,3-8,14-15H2,1-2H3;3-4,11,13,19H,5-10,14-15H2,1-2H3;2*4-5,12-13,20H,6-11,14-15H2,1-3H3/t;;2*20-/m..10/s1. The lowest BCUT2D eigenvalue weighted by Gasteiger charge is -2.28. The molecule has 134 heavy (non-hydrogen) atoms. The molecule has 12 aliphatic rings. The summed E-state index contributed by atoms with van der Waals surface area (Å²) in [5, 5.41) is 57.2. The number of fused-ring (bicyclic) bond motifs is 8. The molecule has 0 radical (unpaired) electrons. The molecule has 12 aliphatic heterocycles. The molecule has 2 unspecified atom stereocenters. The van der Waals surface area contributed by atoms with Crippen LogP contribution in [0.25, 0.3) is 44.5 Å². The van der Waals surface area contributed by atoms with Crippen molar-refractivity contribution in [2.45, 2.75) is 169 Å². The topological polar surface area (TPSA) is 321 Å². The van der Waals surface area contributed by atoms with Crippen molar-refractivity contribution in [1.29, 1.82) is 10.5 Å². The average Bonchev–Trinajstić information content (AvgIpc) is 1.60. The summed E-state index contributed by atoms with van der Waals surface area (Å²) in [6.07, 6.45) is 20.4. The van der Waals surface area contributed by atoms with Crippen LogP contribution in [0.15, 0.2) is 97.7 Å². The molecule has 4 amide bonds. The summed E-state index contributed by atoms with van der Waals surface area (Å²) in [6, 6.07) is 29.5. The minimum absolute atomic E-state index is 0.0906. The Kier molecular flexibility index (Phi) is 23.3. The molecule has 20 heterocycles. The molecule has 4 aromatic carbocycles. The second-order valence-electron chi connectivity index (χ2n) is 37.5. The van der Waals surface area contributed by atoms with Gasteiger partial charge in [0.2, 0.25) is 23.6 Å². The number of ether oxygens (including phenoxy) is 4. The van der Waals surface area contributed by atoms with Gasteiger partial charge < -0.3 is 58.1 Å². The highest BCUT2D eigenvalue weighted by atomic mass is 16.5. The van der Waals surface area contributed by atoms with E-state index in [1.165, 1.54) is 95.6 Å². The van der Waals surface area contributed by atoms with Crippen molar-refractivity contribution in [3.8, 4) is 56.6 Å². The summed E-state index contributed by atoms with van der Waals surface area (Å²) in [5.41, 5.74) is 31.3. The lowest BCUT2D eigenvalue weighted by Crippen LogP contribution is -2.35. The number of hydrogen-bond acceptors (Lipinski definition) is 22. The van der Waals surface area contributed by atoms with Crippen molar-refractivity contribution >= 4 is 69.6 Å². The van der Waals surface area contributed by atoms with Gasteiger partial charge in [-0.25, -0.2) is 0 Å². The maximum absolute atomic E-state index is 12.2. The van der Waals surface area contributed by atoms with Crippen LogP contribution in [0, 0.1) is 36.5 Å². The third kappa shape index (κ3) is 15.9. The Balaban J connectivity index is 0.000000107. The van der Waals surface area contributed by atoms with Crippen molar-refractivity contribution < 1.29 is 38.1 Å². The van der Waals surface area contributed by atoms with Gasteiger partial charge in [0, 0.05) is 280 Å². The van der Waals surface area contributed by atoms with Gasteiger partial charge in [-0.05, 0) is 153 Å². The fraction of sp³-hybridized carbons (Fsp3) is 0.460. The number of nitrogens with zero attached hydrogens (tertiary/aromatic N) is 26. The van der Waals surface area contributed by atoms with E-state index in [1.54, 1.807) is 43.3 Å². The smallest absolute Gasteiger partial charge is 0.219 e. The number of rotatable bonds is 12. The Morgan fingerprint density at radius 1 is 0.358 bits per heavy atom. The minimum atomic E-state index is 0.0906. The lowest BCUT2D eigenvalue weighted by atomic mass is 9.98. The number of carbonyl (C=O) groups excluding carboxylic acids is 4. The quantitative estimate of drug-likeness (QED) is 0.110. The van der Waals surface area contributed by atoms with Gasteiger partial charge in [0.25, 0.3) is 0 Å². The Morgan fingerprint density at radius 2 is 0.701 bits per heavy atom. The van der Waals surface area contributed by atoms with E-state index in [2.05, 4.69) is 145 Å². The van der Waals surface area contributed by atoms with Gasteiger partial charge in [-0.3, -0.25) is 56.6 Å². The molecule has 34 heteroatoms. The Bertz CT molecular complexity index is 6510. The predicted octanol–water partition coefficient (Wildman–Crippen LogP) is 11.7. The highest BCUT2D eigenvalue weighted by Crippen LogP contribution is 2.49. The van der Waals surface area contributed by atoms with Gasteiger partial charge in [-0.2, -0.15) is 51.3 Å². The molecule has 4 atom stereocenters. The fourth-order valence-electron chi connectivity index (χ4n) is 22.0. The van der Waals surface area contributed by atoms with E-state index in [-0.39, 0.29) is 47.8 Å². The van der Waals surface area contributed by atoms with Crippen LogP contribution in [-0.2, 0) is 144 Å². The van der Waals surface area contributed by atoms with E-state index in [4.69, 9.17) is 39.3 Å². The molecule has 0 aliphatic carbocycles. The largest absolute Gasteiger partial charge is 0.379 e. The summed E-state index contributed by atoms with van der Waals surface area (Å²) in [4.78, 5) is 65.6. The average molecular weight is 1810 g/mol. The molecular formula is C100H114N26O8. The van der Waals surface area contributed by atoms with Crippen LogP contribution in [0.4, 0.5) is 46.0 Å². The van der Waals surface area contributed by atoms with Crippen molar-refractivity contribution in [2.24, 2.45) is 28.2 Å². The number of amides is 4. The first-order valence-corrected chi connectivity index (χ1v) is 47.3. The first-order valence-electron chi connectivity index (χ1n) is 47.3. The molecule has 0 spiro atoms. The molecule has 0 saturated carbocycles. The summed E-state index contributed by atoms with van der Waals surface area (Å²) in [7, 11) is 7.67. The van der Waals surface area contributed by atoms with Crippen molar-refractivity contribution in [3.63, 3.8) is 0 Å². The van der Waals surface area contributed by atoms with E-state index in [1.807, 2.05) is 88.0 Å². The van der Waals surface area contributed by atoms with E-state index in [0.29, 0.717) is 70.4 Å². The highest BCUT2D eigenvalue weighted by molar-refractivity contribution is 5.85. The number of aromatic nitrogens is 16. The summed E-state index contributed by atoms with van der Waals surface area (Å²) in [5.74, 6) is 4.34. The van der Waals surface area contributed by atoms with Crippen LogP contribution in [0.2, 0.25) is 0 Å². The van der Waals surface area contributed by atoms with Crippen LogP contribution in [0.5, 0.6) is 0 Å². The molecule has 0 bridgehead atoms. The molecule has 0 N–H and O–H groups in total. The van der Waals surface area contributed by atoms with Crippen molar-refractivity contribution in [2.75, 3.05) is 125 Å². The first kappa shape index (κ1) is 87.1. The third-order valence-electron chi connectivity index (χ3n) is 29.6. The Hall–Kier alpha value is -13.5. The second-order valence-corrected chi connectivity index (χ2v) is 37.5. The molecule has 34 nitrogen and oxygen atoms in total. The number of hydrogen-bond donors (Lipinski definition) is 0. The monoisotopic (exact) mass is 1810 g/mol. The summed E-state index contributed by atoms with van der Waals surface area (Å²) >= 11 is 0. The zero-order valence-corrected chi connectivity index (χ0v) is 78.1. The maximum atomic E-state index is 12.2. The molecular weight excluding hydrogens is 1690 g/mol. The molecule has 4 saturated heterocycles.